The van der Waals surface area contributed by atoms with E-state index in [0.29, 0.717) is 6.10 Å². The second-order valence-corrected chi connectivity index (χ2v) is 6.50. The molecule has 1 fully saturated rings. The minimum Gasteiger partial charge on any atom is -0.497 e. The van der Waals surface area contributed by atoms with E-state index < -0.39 is 0 Å². The van der Waals surface area contributed by atoms with E-state index in [1.165, 1.54) is 37.7 Å². The van der Waals surface area contributed by atoms with Crippen molar-refractivity contribution >= 4 is 22.6 Å². The Kier molecular flexibility index (Phi) is 6.62. The van der Waals surface area contributed by atoms with Crippen LogP contribution < -0.4 is 4.74 Å². The average molecular weight is 388 g/mol. The SMILES string of the molecule is CCC1CCCC(OC(CI)c2cccc(OC)c2)C1. The van der Waals surface area contributed by atoms with Gasteiger partial charge in [-0.05, 0) is 36.5 Å². The lowest BCUT2D eigenvalue weighted by molar-refractivity contribution is -0.0306. The van der Waals surface area contributed by atoms with Crippen LogP contribution in [0.1, 0.15) is 50.7 Å². The lowest BCUT2D eigenvalue weighted by Crippen LogP contribution is -2.25. The van der Waals surface area contributed by atoms with Gasteiger partial charge >= 0.3 is 0 Å². The minimum atomic E-state index is 0.186. The van der Waals surface area contributed by atoms with Gasteiger partial charge in [0.2, 0.25) is 0 Å². The first-order valence-electron chi connectivity index (χ1n) is 7.62. The monoisotopic (exact) mass is 388 g/mol. The molecule has 3 unspecified atom stereocenters. The molecule has 1 aliphatic carbocycles. The number of alkyl halides is 1. The van der Waals surface area contributed by atoms with Crippen molar-refractivity contribution in [1.82, 2.24) is 0 Å². The summed E-state index contributed by atoms with van der Waals surface area (Å²) in [7, 11) is 1.71. The van der Waals surface area contributed by atoms with E-state index >= 15 is 0 Å². The Labute approximate surface area is 136 Å². The van der Waals surface area contributed by atoms with Crippen LogP contribution in [0.5, 0.6) is 5.75 Å². The molecule has 0 heterocycles. The summed E-state index contributed by atoms with van der Waals surface area (Å²) in [5, 5.41) is 0. The fourth-order valence-corrected chi connectivity index (χ4v) is 3.73. The Morgan fingerprint density at radius 1 is 1.35 bits per heavy atom. The van der Waals surface area contributed by atoms with Gasteiger partial charge in [-0.25, -0.2) is 0 Å². The summed E-state index contributed by atoms with van der Waals surface area (Å²) >= 11 is 2.42. The second-order valence-electron chi connectivity index (χ2n) is 5.62. The van der Waals surface area contributed by atoms with Gasteiger partial charge in [0.25, 0.3) is 0 Å². The Morgan fingerprint density at radius 3 is 2.90 bits per heavy atom. The highest BCUT2D eigenvalue weighted by atomic mass is 127. The molecular weight excluding hydrogens is 363 g/mol. The van der Waals surface area contributed by atoms with Gasteiger partial charge in [0.15, 0.2) is 0 Å². The number of rotatable bonds is 6. The summed E-state index contributed by atoms with van der Waals surface area (Å²) in [4.78, 5) is 0. The average Bonchev–Trinajstić information content (AvgIpc) is 2.52. The molecule has 0 amide bonds. The summed E-state index contributed by atoms with van der Waals surface area (Å²) in [6.07, 6.45) is 7.04. The first kappa shape index (κ1) is 16.1. The number of hydrogen-bond acceptors (Lipinski definition) is 2. The fourth-order valence-electron chi connectivity index (χ4n) is 3.01. The van der Waals surface area contributed by atoms with Crippen LogP contribution in [0.25, 0.3) is 0 Å². The van der Waals surface area contributed by atoms with Gasteiger partial charge < -0.3 is 9.47 Å². The summed E-state index contributed by atoms with van der Waals surface area (Å²) in [6, 6.07) is 8.28. The Bertz CT molecular complexity index is 408. The van der Waals surface area contributed by atoms with E-state index in [2.05, 4.69) is 41.6 Å². The molecule has 0 aromatic heterocycles. The molecule has 0 N–H and O–H groups in total. The highest BCUT2D eigenvalue weighted by Crippen LogP contribution is 2.33. The summed E-state index contributed by atoms with van der Waals surface area (Å²) in [6.45, 7) is 2.30. The van der Waals surface area contributed by atoms with Gasteiger partial charge in [-0.1, -0.05) is 60.9 Å². The van der Waals surface area contributed by atoms with Gasteiger partial charge in [-0.3, -0.25) is 0 Å². The first-order chi connectivity index (χ1) is 9.76. The number of benzene rings is 1. The summed E-state index contributed by atoms with van der Waals surface area (Å²) in [5.41, 5.74) is 1.23. The molecule has 20 heavy (non-hydrogen) atoms. The van der Waals surface area contributed by atoms with Crippen LogP contribution >= 0.6 is 22.6 Å². The first-order valence-corrected chi connectivity index (χ1v) is 9.14. The van der Waals surface area contributed by atoms with Crippen LogP contribution in [0.4, 0.5) is 0 Å². The van der Waals surface area contributed by atoms with Crippen molar-refractivity contribution in [1.29, 1.82) is 0 Å². The maximum atomic E-state index is 6.40. The van der Waals surface area contributed by atoms with Crippen molar-refractivity contribution in [3.63, 3.8) is 0 Å². The van der Waals surface area contributed by atoms with Gasteiger partial charge in [0, 0.05) is 4.43 Å². The van der Waals surface area contributed by atoms with Gasteiger partial charge in [-0.15, -0.1) is 0 Å². The molecule has 1 aliphatic rings. The molecule has 0 spiro atoms. The predicted octanol–water partition coefficient (Wildman–Crippen LogP) is 5.16. The lowest BCUT2D eigenvalue weighted by atomic mass is 9.85. The molecule has 3 atom stereocenters. The topological polar surface area (TPSA) is 18.5 Å². The highest BCUT2D eigenvalue weighted by Gasteiger charge is 2.24. The number of ether oxygens (including phenoxy) is 2. The quantitative estimate of drug-likeness (QED) is 0.495. The maximum Gasteiger partial charge on any atom is 0.119 e. The second kappa shape index (κ2) is 8.23. The fraction of sp³-hybridized carbons (Fsp3) is 0.647. The zero-order valence-corrected chi connectivity index (χ0v) is 14.6. The summed E-state index contributed by atoms with van der Waals surface area (Å²) in [5.74, 6) is 1.77. The minimum absolute atomic E-state index is 0.186. The lowest BCUT2D eigenvalue weighted by Gasteiger charge is -2.31. The molecule has 2 rings (SSSR count). The standard InChI is InChI=1S/C17H25IO2/c1-3-13-6-4-9-16(10-13)20-17(12-18)14-7-5-8-15(11-14)19-2/h5,7-8,11,13,16-17H,3-4,6,9-10,12H2,1-2H3. The molecule has 1 aromatic carbocycles. The van der Waals surface area contributed by atoms with Crippen LogP contribution in [0.2, 0.25) is 0 Å². The van der Waals surface area contributed by atoms with Crippen molar-refractivity contribution in [2.75, 3.05) is 11.5 Å². The van der Waals surface area contributed by atoms with Crippen molar-refractivity contribution in [2.24, 2.45) is 5.92 Å². The molecule has 1 saturated carbocycles. The van der Waals surface area contributed by atoms with Gasteiger partial charge in [0.1, 0.15) is 5.75 Å². The van der Waals surface area contributed by atoms with Crippen LogP contribution in [0.15, 0.2) is 24.3 Å². The zero-order chi connectivity index (χ0) is 14.4. The molecule has 3 heteroatoms. The predicted molar refractivity (Wildman–Crippen MR) is 91.7 cm³/mol. The van der Waals surface area contributed by atoms with Crippen molar-refractivity contribution in [2.45, 2.75) is 51.2 Å². The van der Waals surface area contributed by atoms with Gasteiger partial charge in [0.05, 0.1) is 19.3 Å². The third kappa shape index (κ3) is 4.35. The van der Waals surface area contributed by atoms with Crippen LogP contribution in [-0.2, 0) is 4.74 Å². The third-order valence-electron chi connectivity index (χ3n) is 4.27. The number of hydrogen-bond donors (Lipinski definition) is 0. The van der Waals surface area contributed by atoms with Crippen molar-refractivity contribution in [3.8, 4) is 5.75 Å². The highest BCUT2D eigenvalue weighted by molar-refractivity contribution is 14.1. The Morgan fingerprint density at radius 2 is 2.20 bits per heavy atom. The molecule has 0 aliphatic heterocycles. The molecule has 0 radical (unpaired) electrons. The van der Waals surface area contributed by atoms with Crippen molar-refractivity contribution < 1.29 is 9.47 Å². The molecule has 0 saturated heterocycles. The van der Waals surface area contributed by atoms with E-state index in [-0.39, 0.29) is 6.10 Å². The van der Waals surface area contributed by atoms with E-state index in [4.69, 9.17) is 9.47 Å². The smallest absolute Gasteiger partial charge is 0.119 e. The number of halogens is 1. The van der Waals surface area contributed by atoms with E-state index in [0.717, 1.165) is 16.1 Å². The maximum absolute atomic E-state index is 6.40. The molecule has 0 bridgehead atoms. The molecule has 112 valence electrons. The van der Waals surface area contributed by atoms with E-state index in [9.17, 15) is 0 Å². The summed E-state index contributed by atoms with van der Waals surface area (Å²) < 4.78 is 12.7. The van der Waals surface area contributed by atoms with Gasteiger partial charge in [-0.2, -0.15) is 0 Å². The normalized spacial score (nSPS) is 24.4. The van der Waals surface area contributed by atoms with Crippen LogP contribution in [0, 0.1) is 5.92 Å². The van der Waals surface area contributed by atoms with Crippen LogP contribution in [-0.4, -0.2) is 17.6 Å². The third-order valence-corrected chi connectivity index (χ3v) is 5.07. The van der Waals surface area contributed by atoms with Crippen LogP contribution in [0.3, 0.4) is 0 Å². The number of methoxy groups -OCH3 is 1. The largest absolute Gasteiger partial charge is 0.497 e. The zero-order valence-electron chi connectivity index (χ0n) is 12.5. The van der Waals surface area contributed by atoms with Crippen molar-refractivity contribution in [3.05, 3.63) is 29.8 Å². The van der Waals surface area contributed by atoms with E-state index in [1.807, 2.05) is 12.1 Å². The van der Waals surface area contributed by atoms with E-state index in [1.54, 1.807) is 7.11 Å². The molecular formula is C17H25IO2. The molecule has 1 aromatic rings. The Hall–Kier alpha value is -0.290. The Balaban J connectivity index is 2.00. The molecule has 2 nitrogen and oxygen atoms in total.